The van der Waals surface area contributed by atoms with Crippen molar-refractivity contribution in [1.82, 2.24) is 15.1 Å². The summed E-state index contributed by atoms with van der Waals surface area (Å²) < 4.78 is 18.6. The molecule has 0 saturated carbocycles. The first kappa shape index (κ1) is 22.9. The minimum atomic E-state index is -0.380. The normalized spacial score (nSPS) is 16.4. The van der Waals surface area contributed by atoms with Crippen molar-refractivity contribution < 1.29 is 18.7 Å². The molecular formula is C24H30FN3O3. The van der Waals surface area contributed by atoms with Crippen LogP contribution in [0.1, 0.15) is 34.8 Å². The summed E-state index contributed by atoms with van der Waals surface area (Å²) in [4.78, 5) is 28.6. The summed E-state index contributed by atoms with van der Waals surface area (Å²) >= 11 is 0. The van der Waals surface area contributed by atoms with Crippen LogP contribution in [0.25, 0.3) is 0 Å². The summed E-state index contributed by atoms with van der Waals surface area (Å²) in [6.45, 7) is 6.17. The molecular weight excluding hydrogens is 397 g/mol. The lowest BCUT2D eigenvalue weighted by Gasteiger charge is -2.27. The Hall–Kier alpha value is -2.77. The third-order valence-corrected chi connectivity index (χ3v) is 5.74. The summed E-state index contributed by atoms with van der Waals surface area (Å²) in [7, 11) is 1.35. The topological polar surface area (TPSA) is 61.9 Å². The molecule has 1 heterocycles. The molecule has 0 radical (unpaired) electrons. The Labute approximate surface area is 183 Å². The van der Waals surface area contributed by atoms with Gasteiger partial charge in [-0.15, -0.1) is 0 Å². The van der Waals surface area contributed by atoms with Crippen molar-refractivity contribution in [3.8, 4) is 0 Å². The first-order valence-corrected chi connectivity index (χ1v) is 10.6. The molecule has 0 aromatic heterocycles. The fourth-order valence-electron chi connectivity index (χ4n) is 3.78. The molecule has 166 valence electrons. The van der Waals surface area contributed by atoms with Crippen LogP contribution in [-0.2, 0) is 22.6 Å². The van der Waals surface area contributed by atoms with Crippen molar-refractivity contribution in [2.75, 3.05) is 33.3 Å². The van der Waals surface area contributed by atoms with Gasteiger partial charge in [0.2, 0.25) is 5.91 Å². The monoisotopic (exact) mass is 427 g/mol. The van der Waals surface area contributed by atoms with Crippen LogP contribution in [0.5, 0.6) is 0 Å². The quantitative estimate of drug-likeness (QED) is 0.689. The Balaban J connectivity index is 1.48. The van der Waals surface area contributed by atoms with Gasteiger partial charge in [0.1, 0.15) is 5.82 Å². The van der Waals surface area contributed by atoms with E-state index >= 15 is 0 Å². The Bertz CT molecular complexity index is 888. The van der Waals surface area contributed by atoms with E-state index in [2.05, 4.69) is 15.1 Å². The number of hydrogen-bond acceptors (Lipinski definition) is 5. The molecule has 1 atom stereocenters. The smallest absolute Gasteiger partial charge is 0.337 e. The van der Waals surface area contributed by atoms with E-state index in [0.717, 1.165) is 38.2 Å². The minimum absolute atomic E-state index is 0.0281. The molecule has 0 bridgehead atoms. The van der Waals surface area contributed by atoms with Crippen molar-refractivity contribution in [2.45, 2.75) is 32.5 Å². The number of methoxy groups -OCH3 is 1. The van der Waals surface area contributed by atoms with Gasteiger partial charge in [-0.05, 0) is 43.7 Å². The molecule has 0 unspecified atom stereocenters. The molecule has 1 N–H and O–H groups in total. The number of carbonyl (C=O) groups is 2. The van der Waals surface area contributed by atoms with Crippen LogP contribution in [0.2, 0.25) is 0 Å². The lowest BCUT2D eigenvalue weighted by molar-refractivity contribution is -0.126. The molecule has 2 aromatic carbocycles. The second-order valence-corrected chi connectivity index (χ2v) is 7.84. The van der Waals surface area contributed by atoms with Crippen LogP contribution < -0.4 is 5.32 Å². The highest BCUT2D eigenvalue weighted by Crippen LogP contribution is 2.14. The van der Waals surface area contributed by atoms with Crippen LogP contribution >= 0.6 is 0 Å². The molecule has 7 heteroatoms. The SMILES string of the molecule is COC(=O)c1ccc(CNC(=O)[C@H](C)N2CCCN(Cc3ccccc3F)CC2)cc1. The van der Waals surface area contributed by atoms with E-state index < -0.39 is 0 Å². The number of hydrogen-bond donors (Lipinski definition) is 1. The van der Waals surface area contributed by atoms with Crippen LogP contribution in [0.15, 0.2) is 48.5 Å². The lowest BCUT2D eigenvalue weighted by Crippen LogP contribution is -2.46. The van der Waals surface area contributed by atoms with Gasteiger partial charge in [0, 0.05) is 38.3 Å². The average Bonchev–Trinajstić information content (AvgIpc) is 3.04. The molecule has 1 aliphatic rings. The van der Waals surface area contributed by atoms with Gasteiger partial charge in [-0.1, -0.05) is 30.3 Å². The average molecular weight is 428 g/mol. The molecule has 3 rings (SSSR count). The number of benzene rings is 2. The highest BCUT2D eigenvalue weighted by atomic mass is 19.1. The maximum Gasteiger partial charge on any atom is 0.337 e. The van der Waals surface area contributed by atoms with Gasteiger partial charge in [-0.2, -0.15) is 0 Å². The Kier molecular flexibility index (Phi) is 8.14. The number of nitrogens with zero attached hydrogens (tertiary/aromatic N) is 2. The van der Waals surface area contributed by atoms with Crippen molar-refractivity contribution in [3.63, 3.8) is 0 Å². The Morgan fingerprint density at radius 2 is 1.81 bits per heavy atom. The van der Waals surface area contributed by atoms with Crippen molar-refractivity contribution in [3.05, 3.63) is 71.0 Å². The van der Waals surface area contributed by atoms with Crippen molar-refractivity contribution in [1.29, 1.82) is 0 Å². The van der Waals surface area contributed by atoms with Gasteiger partial charge in [-0.3, -0.25) is 14.6 Å². The van der Waals surface area contributed by atoms with Crippen molar-refractivity contribution in [2.24, 2.45) is 0 Å². The highest BCUT2D eigenvalue weighted by Gasteiger charge is 2.24. The fraction of sp³-hybridized carbons (Fsp3) is 0.417. The van der Waals surface area contributed by atoms with Gasteiger partial charge < -0.3 is 10.1 Å². The molecule has 1 saturated heterocycles. The molecule has 31 heavy (non-hydrogen) atoms. The maximum atomic E-state index is 13.9. The number of rotatable bonds is 7. The van der Waals surface area contributed by atoms with E-state index in [4.69, 9.17) is 4.74 Å². The molecule has 0 spiro atoms. The van der Waals surface area contributed by atoms with Crippen LogP contribution in [-0.4, -0.2) is 61.0 Å². The number of ether oxygens (including phenoxy) is 1. The molecule has 1 aliphatic heterocycles. The van der Waals surface area contributed by atoms with Crippen LogP contribution in [0.3, 0.4) is 0 Å². The van der Waals surface area contributed by atoms with Gasteiger partial charge >= 0.3 is 5.97 Å². The molecule has 1 amide bonds. The van der Waals surface area contributed by atoms with Gasteiger partial charge in [-0.25, -0.2) is 9.18 Å². The second kappa shape index (κ2) is 11.0. The minimum Gasteiger partial charge on any atom is -0.465 e. The van der Waals surface area contributed by atoms with E-state index in [1.54, 1.807) is 18.2 Å². The first-order chi connectivity index (χ1) is 15.0. The molecule has 0 aliphatic carbocycles. The van der Waals surface area contributed by atoms with Crippen molar-refractivity contribution >= 4 is 11.9 Å². The largest absolute Gasteiger partial charge is 0.465 e. The zero-order valence-electron chi connectivity index (χ0n) is 18.1. The molecule has 6 nitrogen and oxygen atoms in total. The third-order valence-electron chi connectivity index (χ3n) is 5.74. The first-order valence-electron chi connectivity index (χ1n) is 10.6. The molecule has 2 aromatic rings. The Morgan fingerprint density at radius 3 is 2.52 bits per heavy atom. The summed E-state index contributed by atoms with van der Waals surface area (Å²) in [5, 5.41) is 2.98. The van der Waals surface area contributed by atoms with E-state index in [-0.39, 0.29) is 23.7 Å². The zero-order valence-corrected chi connectivity index (χ0v) is 18.1. The van der Waals surface area contributed by atoms with Gasteiger partial charge in [0.15, 0.2) is 0 Å². The number of halogens is 1. The summed E-state index contributed by atoms with van der Waals surface area (Å²) in [5.74, 6) is -0.579. The van der Waals surface area contributed by atoms with Crippen LogP contribution in [0, 0.1) is 5.82 Å². The van der Waals surface area contributed by atoms with Gasteiger partial charge in [0.25, 0.3) is 0 Å². The van der Waals surface area contributed by atoms with E-state index in [0.29, 0.717) is 24.2 Å². The van der Waals surface area contributed by atoms with E-state index in [9.17, 15) is 14.0 Å². The highest BCUT2D eigenvalue weighted by molar-refractivity contribution is 5.89. The predicted octanol–water partition coefficient (Wildman–Crippen LogP) is 2.82. The predicted molar refractivity (Wildman–Crippen MR) is 117 cm³/mol. The standard InChI is InChI=1S/C24H30FN3O3/c1-18(23(29)26-16-19-8-10-20(11-9-19)24(30)31-2)28-13-5-12-27(14-15-28)17-21-6-3-4-7-22(21)25/h3-4,6-11,18H,5,12-17H2,1-2H3,(H,26,29)/t18-/m0/s1. The number of carbonyl (C=O) groups excluding carboxylic acids is 2. The lowest BCUT2D eigenvalue weighted by atomic mass is 10.1. The number of esters is 1. The number of amides is 1. The fourth-order valence-corrected chi connectivity index (χ4v) is 3.78. The third kappa shape index (κ3) is 6.35. The summed E-state index contributed by atoms with van der Waals surface area (Å²) in [6.07, 6.45) is 0.932. The maximum absolute atomic E-state index is 13.9. The second-order valence-electron chi connectivity index (χ2n) is 7.84. The Morgan fingerprint density at radius 1 is 1.06 bits per heavy atom. The molecule has 1 fully saturated rings. The van der Waals surface area contributed by atoms with E-state index in [1.807, 2.05) is 31.2 Å². The number of nitrogens with one attached hydrogen (secondary N) is 1. The van der Waals surface area contributed by atoms with E-state index in [1.165, 1.54) is 13.2 Å². The van der Waals surface area contributed by atoms with Gasteiger partial charge in [0.05, 0.1) is 18.7 Å². The van der Waals surface area contributed by atoms with Crippen LogP contribution in [0.4, 0.5) is 4.39 Å². The summed E-state index contributed by atoms with van der Waals surface area (Å²) in [5.41, 5.74) is 2.11. The summed E-state index contributed by atoms with van der Waals surface area (Å²) in [6, 6.07) is 13.6. The zero-order chi connectivity index (χ0) is 22.2.